The van der Waals surface area contributed by atoms with Crippen molar-refractivity contribution < 1.29 is 17.9 Å². The molecule has 2 aliphatic rings. The molecule has 1 amide bonds. The van der Waals surface area contributed by atoms with E-state index in [0.29, 0.717) is 25.3 Å². The van der Waals surface area contributed by atoms with Gasteiger partial charge in [-0.15, -0.1) is 0 Å². The maximum absolute atomic E-state index is 12.9. The molecule has 0 atom stereocenters. The molecular formula is C24H31N3O4S. The number of sulfonamides is 1. The molecule has 0 radical (unpaired) electrons. The average Bonchev–Trinajstić information content (AvgIpc) is 3.09. The predicted molar refractivity (Wildman–Crippen MR) is 124 cm³/mol. The summed E-state index contributed by atoms with van der Waals surface area (Å²) in [7, 11) is -1.83. The minimum atomic E-state index is -3.49. The number of hydrogen-bond acceptors (Lipinski definition) is 5. The van der Waals surface area contributed by atoms with E-state index in [1.165, 1.54) is 11.1 Å². The van der Waals surface area contributed by atoms with Gasteiger partial charge in [0.15, 0.2) is 0 Å². The van der Waals surface area contributed by atoms with Gasteiger partial charge in [-0.1, -0.05) is 18.9 Å². The van der Waals surface area contributed by atoms with E-state index in [2.05, 4.69) is 16.3 Å². The first-order chi connectivity index (χ1) is 15.5. The molecule has 1 N–H and O–H groups in total. The third-order valence-corrected chi connectivity index (χ3v) is 8.13. The van der Waals surface area contributed by atoms with Crippen molar-refractivity contribution >= 4 is 21.6 Å². The lowest BCUT2D eigenvalue weighted by Crippen LogP contribution is -2.37. The van der Waals surface area contributed by atoms with E-state index >= 15 is 0 Å². The molecule has 0 aliphatic carbocycles. The van der Waals surface area contributed by atoms with E-state index in [0.717, 1.165) is 44.4 Å². The van der Waals surface area contributed by atoms with E-state index in [1.54, 1.807) is 35.7 Å². The highest BCUT2D eigenvalue weighted by atomic mass is 32.2. The fraction of sp³-hybridized carbons (Fsp3) is 0.458. The maximum atomic E-state index is 12.9. The number of methoxy groups -OCH3 is 1. The largest absolute Gasteiger partial charge is 0.497 e. The van der Waals surface area contributed by atoms with Crippen LogP contribution in [0.25, 0.3) is 0 Å². The van der Waals surface area contributed by atoms with Gasteiger partial charge in [-0.2, -0.15) is 4.31 Å². The summed E-state index contributed by atoms with van der Waals surface area (Å²) in [6.07, 6.45) is 4.86. The predicted octanol–water partition coefficient (Wildman–Crippen LogP) is 3.26. The zero-order valence-corrected chi connectivity index (χ0v) is 19.4. The summed E-state index contributed by atoms with van der Waals surface area (Å²) in [5, 5.41) is 2.89. The Labute approximate surface area is 190 Å². The van der Waals surface area contributed by atoms with Crippen molar-refractivity contribution in [2.45, 2.75) is 43.5 Å². The molecule has 0 spiro atoms. The number of anilines is 1. The van der Waals surface area contributed by atoms with Crippen molar-refractivity contribution in [1.29, 1.82) is 0 Å². The molecule has 1 fully saturated rings. The summed E-state index contributed by atoms with van der Waals surface area (Å²) in [6.45, 7) is 2.95. The van der Waals surface area contributed by atoms with Gasteiger partial charge in [0.1, 0.15) is 5.75 Å². The number of benzene rings is 2. The van der Waals surface area contributed by atoms with Crippen LogP contribution in [0.5, 0.6) is 5.75 Å². The molecule has 2 heterocycles. The molecule has 0 aromatic heterocycles. The van der Waals surface area contributed by atoms with Crippen molar-refractivity contribution in [3.63, 3.8) is 0 Å². The minimum Gasteiger partial charge on any atom is -0.497 e. The van der Waals surface area contributed by atoms with Crippen molar-refractivity contribution in [2.75, 3.05) is 38.6 Å². The van der Waals surface area contributed by atoms with Crippen LogP contribution in [0.2, 0.25) is 0 Å². The van der Waals surface area contributed by atoms with E-state index < -0.39 is 10.0 Å². The number of amides is 1. The molecule has 1 saturated heterocycles. The fourth-order valence-electron chi connectivity index (χ4n) is 4.40. The number of rotatable bonds is 6. The molecule has 0 unspecified atom stereocenters. The lowest BCUT2D eigenvalue weighted by atomic mass is 9.99. The van der Waals surface area contributed by atoms with Crippen molar-refractivity contribution in [3.8, 4) is 5.75 Å². The monoisotopic (exact) mass is 457 g/mol. The summed E-state index contributed by atoms with van der Waals surface area (Å²) < 4.78 is 32.7. The van der Waals surface area contributed by atoms with Gasteiger partial charge in [0.05, 0.1) is 18.6 Å². The Bertz CT molecular complexity index is 1050. The smallest absolute Gasteiger partial charge is 0.243 e. The van der Waals surface area contributed by atoms with Gasteiger partial charge in [0.25, 0.3) is 0 Å². The van der Waals surface area contributed by atoms with Crippen LogP contribution >= 0.6 is 0 Å². The van der Waals surface area contributed by atoms with Crippen molar-refractivity contribution in [1.82, 2.24) is 9.21 Å². The first-order valence-electron chi connectivity index (χ1n) is 11.2. The highest BCUT2D eigenvalue weighted by Crippen LogP contribution is 2.24. The minimum absolute atomic E-state index is 0.112. The zero-order chi connectivity index (χ0) is 22.6. The number of carbonyl (C=O) groups is 1. The molecular weight excluding hydrogens is 426 g/mol. The van der Waals surface area contributed by atoms with Gasteiger partial charge >= 0.3 is 0 Å². The second-order valence-electron chi connectivity index (χ2n) is 8.49. The Morgan fingerprint density at radius 3 is 2.38 bits per heavy atom. The molecule has 8 heteroatoms. The Hall–Kier alpha value is -2.42. The molecule has 32 heavy (non-hydrogen) atoms. The number of carbonyl (C=O) groups excluding carboxylic acids is 1. The normalized spacial score (nSPS) is 17.9. The first kappa shape index (κ1) is 22.8. The van der Waals surface area contributed by atoms with Gasteiger partial charge in [-0.05, 0) is 66.8 Å². The summed E-state index contributed by atoms with van der Waals surface area (Å²) >= 11 is 0. The van der Waals surface area contributed by atoms with E-state index in [9.17, 15) is 13.2 Å². The summed E-state index contributed by atoms with van der Waals surface area (Å²) in [4.78, 5) is 15.0. The van der Waals surface area contributed by atoms with E-state index in [-0.39, 0.29) is 17.3 Å². The number of hydrogen-bond donors (Lipinski definition) is 1. The van der Waals surface area contributed by atoms with E-state index in [1.807, 2.05) is 12.1 Å². The average molecular weight is 458 g/mol. The van der Waals surface area contributed by atoms with Crippen LogP contribution in [-0.2, 0) is 27.8 Å². The van der Waals surface area contributed by atoms with Gasteiger partial charge < -0.3 is 10.1 Å². The molecule has 0 bridgehead atoms. The van der Waals surface area contributed by atoms with Gasteiger partial charge in [0, 0.05) is 31.9 Å². The summed E-state index contributed by atoms with van der Waals surface area (Å²) in [6, 6.07) is 12.6. The molecule has 2 aromatic carbocycles. The van der Waals surface area contributed by atoms with Crippen molar-refractivity contribution in [2.24, 2.45) is 0 Å². The standard InChI is InChI=1S/C24H31N3O4S/c1-31-22-9-6-19-12-15-26(17-20(19)16-22)18-24(28)25-21-7-10-23(11-8-21)32(29,30)27-13-4-2-3-5-14-27/h6-11,16H,2-5,12-15,17-18H2,1H3,(H,25,28). The van der Waals surface area contributed by atoms with Crippen LogP contribution < -0.4 is 10.1 Å². The van der Waals surface area contributed by atoms with Crippen molar-refractivity contribution in [3.05, 3.63) is 53.6 Å². The van der Waals surface area contributed by atoms with Crippen LogP contribution in [0.4, 0.5) is 5.69 Å². The lowest BCUT2D eigenvalue weighted by Gasteiger charge is -2.28. The zero-order valence-electron chi connectivity index (χ0n) is 18.5. The Morgan fingerprint density at radius 1 is 0.969 bits per heavy atom. The fourth-order valence-corrected chi connectivity index (χ4v) is 5.92. The van der Waals surface area contributed by atoms with Gasteiger partial charge in [0.2, 0.25) is 15.9 Å². The highest BCUT2D eigenvalue weighted by molar-refractivity contribution is 7.89. The Morgan fingerprint density at radius 2 is 1.69 bits per heavy atom. The number of nitrogens with one attached hydrogen (secondary N) is 1. The summed E-state index contributed by atoms with van der Waals surface area (Å²) in [5.41, 5.74) is 3.08. The number of nitrogens with zero attached hydrogens (tertiary/aromatic N) is 2. The Balaban J connectivity index is 1.35. The molecule has 7 nitrogen and oxygen atoms in total. The molecule has 172 valence electrons. The summed E-state index contributed by atoms with van der Waals surface area (Å²) in [5.74, 6) is 0.713. The van der Waals surface area contributed by atoms with E-state index in [4.69, 9.17) is 4.74 Å². The third-order valence-electron chi connectivity index (χ3n) is 6.21. The van der Waals surface area contributed by atoms with Crippen LogP contribution in [0.15, 0.2) is 47.4 Å². The molecule has 2 aliphatic heterocycles. The quantitative estimate of drug-likeness (QED) is 0.720. The second-order valence-corrected chi connectivity index (χ2v) is 10.4. The SMILES string of the molecule is COc1ccc2c(c1)CN(CC(=O)Nc1ccc(S(=O)(=O)N3CCCCCC3)cc1)CC2. The first-order valence-corrected chi connectivity index (χ1v) is 12.7. The van der Waals surface area contributed by atoms with Gasteiger partial charge in [-0.3, -0.25) is 9.69 Å². The molecule has 0 saturated carbocycles. The van der Waals surface area contributed by atoms with Crippen LogP contribution in [0.3, 0.4) is 0 Å². The Kier molecular flexibility index (Phi) is 7.13. The molecule has 4 rings (SSSR count). The third kappa shape index (κ3) is 5.31. The van der Waals surface area contributed by atoms with Gasteiger partial charge in [-0.25, -0.2) is 8.42 Å². The highest BCUT2D eigenvalue weighted by Gasteiger charge is 2.25. The number of fused-ring (bicyclic) bond motifs is 1. The number of ether oxygens (including phenoxy) is 1. The van der Waals surface area contributed by atoms with Crippen LogP contribution in [-0.4, -0.2) is 56.8 Å². The molecule has 2 aromatic rings. The maximum Gasteiger partial charge on any atom is 0.243 e. The van der Waals surface area contributed by atoms with Crippen LogP contribution in [0.1, 0.15) is 36.8 Å². The topological polar surface area (TPSA) is 79.0 Å². The second kappa shape index (κ2) is 10.0. The van der Waals surface area contributed by atoms with Crippen LogP contribution in [0, 0.1) is 0 Å². The lowest BCUT2D eigenvalue weighted by molar-refractivity contribution is -0.117.